The maximum absolute atomic E-state index is 12.5. The summed E-state index contributed by atoms with van der Waals surface area (Å²) in [5.74, 6) is -1.89. The summed E-state index contributed by atoms with van der Waals surface area (Å²) < 4.78 is 74.9. The van der Waals surface area contributed by atoms with Gasteiger partial charge >= 0.3 is 18.3 Å². The zero-order valence-electron chi connectivity index (χ0n) is 12.8. The molecule has 0 aliphatic rings. The van der Waals surface area contributed by atoms with Crippen LogP contribution in [0.1, 0.15) is 27.3 Å². The van der Waals surface area contributed by atoms with Crippen molar-refractivity contribution in [3.05, 3.63) is 58.1 Å². The lowest BCUT2D eigenvalue weighted by molar-refractivity contribution is -0.138. The van der Waals surface area contributed by atoms with Gasteiger partial charge in [-0.3, -0.25) is 4.98 Å². The lowest BCUT2D eigenvalue weighted by atomic mass is 10.2. The van der Waals surface area contributed by atoms with Crippen molar-refractivity contribution in [1.29, 1.82) is 0 Å². The van der Waals surface area contributed by atoms with Crippen molar-refractivity contribution in [2.75, 3.05) is 0 Å². The van der Waals surface area contributed by atoms with Crippen molar-refractivity contribution in [2.45, 2.75) is 12.4 Å². The number of carbonyl (C=O) groups excluding carboxylic acids is 1. The number of pyridine rings is 2. The Morgan fingerprint density at radius 1 is 1.04 bits per heavy atom. The van der Waals surface area contributed by atoms with Gasteiger partial charge in [-0.15, -0.1) is 0 Å². The first-order valence-corrected chi connectivity index (χ1v) is 7.08. The van der Waals surface area contributed by atoms with Crippen LogP contribution in [0.15, 0.2) is 35.7 Å². The highest BCUT2D eigenvalue weighted by Crippen LogP contribution is 2.31. The zero-order chi connectivity index (χ0) is 20.4. The summed E-state index contributed by atoms with van der Waals surface area (Å²) in [5.41, 5.74) is 2.32. The van der Waals surface area contributed by atoms with Gasteiger partial charge < -0.3 is 10.6 Å². The second-order valence-corrected chi connectivity index (χ2v) is 5.24. The van der Waals surface area contributed by atoms with Crippen molar-refractivity contribution in [2.24, 2.45) is 10.9 Å². The minimum Gasteiger partial charge on any atom is -0.379 e. The van der Waals surface area contributed by atoms with Crippen LogP contribution in [0.2, 0.25) is 5.02 Å². The predicted molar refractivity (Wildman–Crippen MR) is 79.6 cm³/mol. The van der Waals surface area contributed by atoms with E-state index in [9.17, 15) is 31.1 Å². The molecule has 144 valence electrons. The number of rotatable bonds is 3. The highest BCUT2D eigenvalue weighted by atomic mass is 35.5. The Labute approximate surface area is 151 Å². The van der Waals surface area contributed by atoms with Gasteiger partial charge in [-0.05, 0) is 18.2 Å². The number of hydrogen-bond acceptors (Lipinski definition) is 5. The molecule has 13 heteroatoms. The molecule has 6 nitrogen and oxygen atoms in total. The summed E-state index contributed by atoms with van der Waals surface area (Å²) in [6.45, 7) is 0. The molecule has 2 aromatic rings. The molecule has 0 fully saturated rings. The number of carbonyl (C=O) groups is 1. The van der Waals surface area contributed by atoms with Crippen LogP contribution in [0.3, 0.4) is 0 Å². The van der Waals surface area contributed by atoms with E-state index >= 15 is 0 Å². The van der Waals surface area contributed by atoms with Crippen LogP contribution < -0.4 is 5.73 Å². The Hall–Kier alpha value is -2.89. The maximum Gasteiger partial charge on any atom is 0.417 e. The molecule has 27 heavy (non-hydrogen) atoms. The molecular formula is C14H7ClF6N4O2. The number of nitrogens with zero attached hydrogens (tertiary/aromatic N) is 3. The smallest absolute Gasteiger partial charge is 0.379 e. The van der Waals surface area contributed by atoms with E-state index in [4.69, 9.17) is 17.3 Å². The third-order valence-electron chi connectivity index (χ3n) is 2.94. The van der Waals surface area contributed by atoms with Gasteiger partial charge in [0.25, 0.3) is 0 Å². The fourth-order valence-corrected chi connectivity index (χ4v) is 1.88. The van der Waals surface area contributed by atoms with Gasteiger partial charge in [0.05, 0.1) is 16.1 Å². The van der Waals surface area contributed by atoms with Gasteiger partial charge in [0.2, 0.25) is 0 Å². The number of hydrogen-bond donors (Lipinski definition) is 1. The number of aromatic nitrogens is 2. The summed E-state index contributed by atoms with van der Waals surface area (Å²) in [5, 5.41) is 2.51. The number of nitrogens with two attached hydrogens (primary N) is 1. The van der Waals surface area contributed by atoms with Crippen molar-refractivity contribution >= 4 is 23.4 Å². The highest BCUT2D eigenvalue weighted by Gasteiger charge is 2.32. The summed E-state index contributed by atoms with van der Waals surface area (Å²) in [7, 11) is 0. The molecule has 0 aromatic carbocycles. The number of alkyl halides is 6. The van der Waals surface area contributed by atoms with Crippen LogP contribution in [0.25, 0.3) is 0 Å². The van der Waals surface area contributed by atoms with Crippen molar-refractivity contribution < 1.29 is 36.0 Å². The molecule has 2 rings (SSSR count). The molecule has 0 unspecified atom stereocenters. The lowest BCUT2D eigenvalue weighted by Gasteiger charge is -2.08. The Balaban J connectivity index is 2.14. The number of halogens is 7. The van der Waals surface area contributed by atoms with Gasteiger partial charge in [-0.1, -0.05) is 16.8 Å². The summed E-state index contributed by atoms with van der Waals surface area (Å²) in [6.07, 6.45) is -8.45. The minimum absolute atomic E-state index is 0.234. The first-order valence-electron chi connectivity index (χ1n) is 6.70. The Kier molecular flexibility index (Phi) is 5.59. The molecular weight excluding hydrogens is 406 g/mol. The molecule has 0 atom stereocenters. The van der Waals surface area contributed by atoms with Crippen LogP contribution in [0.5, 0.6) is 0 Å². The summed E-state index contributed by atoms with van der Waals surface area (Å²) in [4.78, 5) is 22.8. The Morgan fingerprint density at radius 2 is 1.63 bits per heavy atom. The largest absolute Gasteiger partial charge is 0.417 e. The highest BCUT2D eigenvalue weighted by molar-refractivity contribution is 6.33. The monoisotopic (exact) mass is 412 g/mol. The van der Waals surface area contributed by atoms with E-state index in [1.807, 2.05) is 0 Å². The van der Waals surface area contributed by atoms with Crippen LogP contribution >= 0.6 is 11.6 Å². The second kappa shape index (κ2) is 7.39. The van der Waals surface area contributed by atoms with Crippen molar-refractivity contribution in [3.8, 4) is 0 Å². The Bertz CT molecular complexity index is 881. The average Bonchev–Trinajstić information content (AvgIpc) is 2.57. The SMILES string of the molecule is NC(=NOC(=O)c1ncc(C(F)(F)F)cc1Cl)c1ccc(C(F)(F)F)cn1. The molecule has 0 aliphatic carbocycles. The van der Waals surface area contributed by atoms with E-state index in [2.05, 4.69) is 20.0 Å². The van der Waals surface area contributed by atoms with E-state index in [0.717, 1.165) is 6.07 Å². The molecule has 0 saturated carbocycles. The van der Waals surface area contributed by atoms with Gasteiger partial charge in [0.1, 0.15) is 5.69 Å². The molecule has 0 amide bonds. The molecule has 0 bridgehead atoms. The van der Waals surface area contributed by atoms with Crippen LogP contribution in [-0.4, -0.2) is 21.8 Å². The second-order valence-electron chi connectivity index (χ2n) is 4.84. The number of oxime groups is 1. The van der Waals surface area contributed by atoms with Gasteiger partial charge in [0.15, 0.2) is 11.5 Å². The molecule has 0 saturated heterocycles. The fraction of sp³-hybridized carbons (Fsp3) is 0.143. The van der Waals surface area contributed by atoms with Crippen LogP contribution in [0.4, 0.5) is 26.3 Å². The number of amidine groups is 1. The quantitative estimate of drug-likeness (QED) is 0.273. The third-order valence-corrected chi connectivity index (χ3v) is 3.23. The predicted octanol–water partition coefficient (Wildman–Crippen LogP) is 3.64. The van der Waals surface area contributed by atoms with Gasteiger partial charge in [-0.2, -0.15) is 26.3 Å². The van der Waals surface area contributed by atoms with E-state index in [1.54, 1.807) is 0 Å². The summed E-state index contributed by atoms with van der Waals surface area (Å²) >= 11 is 5.56. The zero-order valence-corrected chi connectivity index (χ0v) is 13.5. The van der Waals surface area contributed by atoms with Gasteiger partial charge in [0, 0.05) is 12.4 Å². The minimum atomic E-state index is -4.71. The van der Waals surface area contributed by atoms with E-state index in [0.29, 0.717) is 24.5 Å². The van der Waals surface area contributed by atoms with Crippen molar-refractivity contribution in [3.63, 3.8) is 0 Å². The van der Waals surface area contributed by atoms with Gasteiger partial charge in [-0.25, -0.2) is 9.78 Å². The topological polar surface area (TPSA) is 90.5 Å². The standard InChI is InChI=1S/C14H7ClF6N4O2/c15-8-3-7(14(19,20)21)5-24-10(8)12(26)27-25-11(22)9-2-1-6(4-23-9)13(16,17)18/h1-5H,(H2,22,25). The Morgan fingerprint density at radius 3 is 2.11 bits per heavy atom. The average molecular weight is 413 g/mol. The summed E-state index contributed by atoms with van der Waals surface area (Å²) in [6, 6.07) is 2.04. The molecule has 0 radical (unpaired) electrons. The fourth-order valence-electron chi connectivity index (χ4n) is 1.64. The third kappa shape index (κ3) is 5.06. The van der Waals surface area contributed by atoms with Crippen molar-refractivity contribution in [1.82, 2.24) is 9.97 Å². The van der Waals surface area contributed by atoms with Crippen LogP contribution in [0, 0.1) is 0 Å². The van der Waals surface area contributed by atoms with E-state index in [-0.39, 0.29) is 5.69 Å². The molecule has 0 spiro atoms. The maximum atomic E-state index is 12.5. The van der Waals surface area contributed by atoms with Crippen LogP contribution in [-0.2, 0) is 17.2 Å². The molecule has 2 aromatic heterocycles. The molecule has 0 aliphatic heterocycles. The normalized spacial score (nSPS) is 12.8. The van der Waals surface area contributed by atoms with E-state index in [1.165, 1.54) is 0 Å². The molecule has 2 heterocycles. The van der Waals surface area contributed by atoms with E-state index < -0.39 is 46.0 Å². The first-order chi connectivity index (χ1) is 12.4. The lowest BCUT2D eigenvalue weighted by Crippen LogP contribution is -2.18. The first kappa shape index (κ1) is 20.4. The molecule has 2 N–H and O–H groups in total.